The number of benzene rings is 8. The van der Waals surface area contributed by atoms with E-state index >= 15 is 0 Å². The summed E-state index contributed by atoms with van der Waals surface area (Å²) < 4.78 is 11.5. The van der Waals surface area contributed by atoms with Crippen molar-refractivity contribution in [1.82, 2.24) is 14.5 Å². The minimum atomic E-state index is -0.897. The third-order valence-electron chi connectivity index (χ3n) is 12.9. The number of hydrogen-bond acceptors (Lipinski definition) is 3. The van der Waals surface area contributed by atoms with Gasteiger partial charge in [-0.1, -0.05) is 204 Å². The first kappa shape index (κ1) is 44.7. The first-order valence-electron chi connectivity index (χ1n) is 23.7. The summed E-state index contributed by atoms with van der Waals surface area (Å²) in [5, 5.41) is 12.3. The van der Waals surface area contributed by atoms with Gasteiger partial charge in [-0.05, 0) is 104 Å². The Labute approximate surface area is 416 Å². The van der Waals surface area contributed by atoms with E-state index in [1.54, 1.807) is 0 Å². The van der Waals surface area contributed by atoms with E-state index in [0.717, 1.165) is 89.2 Å². The summed E-state index contributed by atoms with van der Waals surface area (Å²) in [6.45, 7) is 12.5. The van der Waals surface area contributed by atoms with E-state index in [9.17, 15) is 6.48 Å². The minimum absolute atomic E-state index is 0. The fourth-order valence-electron chi connectivity index (χ4n) is 9.10. The standard InChI is InChI=1S/C63H54N3O.Pt/c1-40(2)49-31-52(45-21-14-9-15-22-45)36-55(35-49)66-60-24-16-23-56(61(60)65-63(66)58-38-50(41(3)4)37-57(42(5)6)62(58)67)53-32-51(44-19-12-8-13-20-44)33-54(34-53)59-39-48(29-30-64-59)47-27-25-46(26-28-47)43-17-10-7-11-18-43;/h7-33,35-42,67H,1-6H3;/q-1;/i40D;. The zero-order valence-electron chi connectivity index (χ0n) is 40.2. The van der Waals surface area contributed by atoms with Crippen LogP contribution in [0, 0.1) is 6.07 Å². The van der Waals surface area contributed by atoms with Gasteiger partial charge in [0.1, 0.15) is 11.6 Å². The molecule has 0 saturated carbocycles. The predicted octanol–water partition coefficient (Wildman–Crippen LogP) is 17.0. The summed E-state index contributed by atoms with van der Waals surface area (Å²) in [4.78, 5) is 10.6. The average Bonchev–Trinajstić information content (AvgIpc) is 3.76. The topological polar surface area (TPSA) is 50.9 Å². The van der Waals surface area contributed by atoms with Gasteiger partial charge < -0.3 is 5.11 Å². The van der Waals surface area contributed by atoms with E-state index in [4.69, 9.17) is 9.97 Å². The second kappa shape index (κ2) is 19.6. The van der Waals surface area contributed by atoms with Crippen molar-refractivity contribution in [3.05, 3.63) is 217 Å². The molecule has 5 heteroatoms. The molecule has 0 aliphatic carbocycles. The third kappa shape index (κ3) is 9.14. The molecule has 0 unspecified atom stereocenters. The Morgan fingerprint density at radius 3 is 1.68 bits per heavy atom. The zero-order valence-corrected chi connectivity index (χ0v) is 41.5. The van der Waals surface area contributed by atoms with Crippen molar-refractivity contribution in [3.63, 3.8) is 0 Å². The first-order chi connectivity index (χ1) is 32.9. The first-order valence-corrected chi connectivity index (χ1v) is 23.2. The number of pyridine rings is 1. The summed E-state index contributed by atoms with van der Waals surface area (Å²) in [5.41, 5.74) is 18.2. The third-order valence-corrected chi connectivity index (χ3v) is 12.9. The molecule has 0 aliphatic heterocycles. The number of fused-ring (bicyclic) bond motifs is 1. The quantitative estimate of drug-likeness (QED) is 0.131. The molecule has 0 bridgehead atoms. The molecule has 0 amide bonds. The molecule has 2 aromatic heterocycles. The van der Waals surface area contributed by atoms with Crippen molar-refractivity contribution < 1.29 is 27.5 Å². The molecular weight excluding hydrogens is 1010 g/mol. The largest absolute Gasteiger partial charge is 0.507 e. The van der Waals surface area contributed by atoms with E-state index in [0.29, 0.717) is 11.4 Å². The van der Waals surface area contributed by atoms with Crippen molar-refractivity contribution in [1.29, 1.82) is 0 Å². The Morgan fingerprint density at radius 2 is 1.07 bits per heavy atom. The van der Waals surface area contributed by atoms with Gasteiger partial charge in [-0.25, -0.2) is 4.98 Å². The molecule has 0 aliphatic rings. The molecule has 0 fully saturated rings. The van der Waals surface area contributed by atoms with Crippen LogP contribution in [0.15, 0.2) is 194 Å². The molecule has 4 nitrogen and oxygen atoms in total. The molecule has 1 N–H and O–H groups in total. The zero-order chi connectivity index (χ0) is 47.1. The van der Waals surface area contributed by atoms with E-state index in [-0.39, 0.29) is 38.7 Å². The SMILES string of the molecule is [2H]C(C)(C)c1cc(-c2ccccc2)cc(-n2c(-c3cc(C(C)C)cc(C(C)C)c3O)nc3c(-c4[c-]c(-c5cc(-c6ccc(-c7ccccc7)cc6)ccn5)cc(-c5ccccc5)c4)cccc32)c1.[Pt]. The molecule has 0 spiro atoms. The van der Waals surface area contributed by atoms with Crippen LogP contribution in [-0.2, 0) is 21.1 Å². The van der Waals surface area contributed by atoms with Gasteiger partial charge in [-0.15, -0.1) is 23.8 Å². The maximum atomic E-state index is 12.3. The fourth-order valence-corrected chi connectivity index (χ4v) is 9.10. The molecule has 68 heavy (non-hydrogen) atoms. The van der Waals surface area contributed by atoms with E-state index in [2.05, 4.69) is 196 Å². The number of para-hydroxylation sites is 1. The van der Waals surface area contributed by atoms with Crippen LogP contribution >= 0.6 is 0 Å². The molecule has 338 valence electrons. The Morgan fingerprint density at radius 1 is 0.500 bits per heavy atom. The molecule has 8 aromatic carbocycles. The molecule has 10 aromatic rings. The van der Waals surface area contributed by atoms with Crippen LogP contribution in [0.1, 0.15) is 77.3 Å². The van der Waals surface area contributed by atoms with E-state index in [1.165, 1.54) is 11.1 Å². The van der Waals surface area contributed by atoms with Gasteiger partial charge in [-0.3, -0.25) is 9.55 Å². The Hall–Kier alpha value is -7.13. The summed E-state index contributed by atoms with van der Waals surface area (Å²) in [6.07, 6.45) is 1.88. The molecule has 0 saturated heterocycles. The van der Waals surface area contributed by atoms with Crippen molar-refractivity contribution >= 4 is 11.0 Å². The second-order valence-corrected chi connectivity index (χ2v) is 18.3. The molecule has 0 radical (unpaired) electrons. The minimum Gasteiger partial charge on any atom is -0.507 e. The smallest absolute Gasteiger partial charge is 0.148 e. The van der Waals surface area contributed by atoms with Crippen LogP contribution in [0.4, 0.5) is 0 Å². The molecule has 0 atom stereocenters. The van der Waals surface area contributed by atoms with E-state index < -0.39 is 5.89 Å². The normalized spacial score (nSPS) is 11.8. The van der Waals surface area contributed by atoms with Crippen molar-refractivity contribution in [3.8, 4) is 89.7 Å². The van der Waals surface area contributed by atoms with Crippen molar-refractivity contribution in [2.24, 2.45) is 0 Å². The van der Waals surface area contributed by atoms with Crippen LogP contribution in [0.25, 0.3) is 95.0 Å². The van der Waals surface area contributed by atoms with Crippen LogP contribution in [0.5, 0.6) is 5.75 Å². The van der Waals surface area contributed by atoms with Crippen LogP contribution in [-0.4, -0.2) is 19.6 Å². The molecule has 2 heterocycles. The Balaban J connectivity index is 0.00000593. The average molecular weight is 1070 g/mol. The van der Waals surface area contributed by atoms with Gasteiger partial charge in [-0.2, -0.15) is 0 Å². The van der Waals surface area contributed by atoms with Gasteiger partial charge in [0, 0.05) is 40.0 Å². The summed E-state index contributed by atoms with van der Waals surface area (Å²) >= 11 is 0. The van der Waals surface area contributed by atoms with Crippen LogP contribution in [0.2, 0.25) is 0 Å². The van der Waals surface area contributed by atoms with Crippen LogP contribution in [0.3, 0.4) is 0 Å². The Bertz CT molecular complexity index is 3430. The monoisotopic (exact) mass is 1060 g/mol. The van der Waals surface area contributed by atoms with Gasteiger partial charge >= 0.3 is 0 Å². The molecule has 10 rings (SSSR count). The number of aromatic hydroxyl groups is 1. The number of aromatic nitrogens is 3. The number of hydrogen-bond donors (Lipinski definition) is 1. The fraction of sp³-hybridized carbons (Fsp3) is 0.143. The maximum Gasteiger partial charge on any atom is 0.148 e. The number of phenols is 1. The number of rotatable bonds is 11. The van der Waals surface area contributed by atoms with Gasteiger partial charge in [0.25, 0.3) is 0 Å². The van der Waals surface area contributed by atoms with Gasteiger partial charge in [0.15, 0.2) is 0 Å². The second-order valence-electron chi connectivity index (χ2n) is 18.3. The predicted molar refractivity (Wildman–Crippen MR) is 280 cm³/mol. The van der Waals surface area contributed by atoms with Crippen LogP contribution < -0.4 is 0 Å². The van der Waals surface area contributed by atoms with E-state index in [1.807, 2.05) is 50.4 Å². The summed E-state index contributed by atoms with van der Waals surface area (Å²) in [7, 11) is 0. The number of nitrogens with zero attached hydrogens (tertiary/aromatic N) is 3. The van der Waals surface area contributed by atoms with Crippen molar-refractivity contribution in [2.45, 2.75) is 59.3 Å². The van der Waals surface area contributed by atoms with Gasteiger partial charge in [0.05, 0.1) is 16.6 Å². The molecular formula is C63H54N3OPt-. The Kier molecular flexibility index (Phi) is 12.9. The summed E-state index contributed by atoms with van der Waals surface area (Å²) in [5.74, 6) is 0.245. The van der Waals surface area contributed by atoms with Gasteiger partial charge in [0.2, 0.25) is 0 Å². The maximum absolute atomic E-state index is 12.3. The summed E-state index contributed by atoms with van der Waals surface area (Å²) in [6, 6.07) is 69.3. The number of imidazole rings is 1. The number of phenolic OH excluding ortho intramolecular Hbond substituents is 1. The van der Waals surface area contributed by atoms with Crippen molar-refractivity contribution in [2.75, 3.05) is 0 Å².